The van der Waals surface area contributed by atoms with Crippen molar-refractivity contribution in [3.63, 3.8) is 0 Å². The van der Waals surface area contributed by atoms with Crippen molar-refractivity contribution < 1.29 is 14.1 Å². The van der Waals surface area contributed by atoms with Crippen molar-refractivity contribution in [2.75, 3.05) is 24.8 Å². The number of pyridine rings is 1. The maximum atomic E-state index is 12.9. The monoisotopic (exact) mass is 381 g/mol. The predicted octanol–water partition coefficient (Wildman–Crippen LogP) is 3.61. The van der Waals surface area contributed by atoms with Crippen LogP contribution in [0, 0.1) is 0 Å². The molecule has 0 atom stereocenters. The number of carbonyl (C=O) groups is 1. The number of halogens is 1. The van der Waals surface area contributed by atoms with E-state index in [2.05, 4.69) is 10.3 Å². The summed E-state index contributed by atoms with van der Waals surface area (Å²) >= 11 is 5.91. The van der Waals surface area contributed by atoms with Crippen molar-refractivity contribution in [1.29, 1.82) is 0 Å². The number of carbonyl (C=O) groups excluding carboxylic acids is 1. The molecule has 1 aromatic heterocycles. The average molecular weight is 382 g/mol. The first kappa shape index (κ1) is 19.3. The molecule has 6 nitrogen and oxygen atoms in total. The molecule has 1 amide bonds. The Kier molecular flexibility index (Phi) is 6.09. The Labute approximate surface area is 152 Å². The number of aromatic nitrogens is 1. The number of methoxy groups -OCH3 is 1. The summed E-state index contributed by atoms with van der Waals surface area (Å²) in [6, 6.07) is 6.86. The van der Waals surface area contributed by atoms with Crippen molar-refractivity contribution in [1.82, 2.24) is 4.98 Å². The third kappa shape index (κ3) is 4.14. The summed E-state index contributed by atoms with van der Waals surface area (Å²) in [4.78, 5) is 15.4. The van der Waals surface area contributed by atoms with Gasteiger partial charge in [-0.15, -0.1) is 0 Å². The molecule has 25 heavy (non-hydrogen) atoms. The zero-order valence-electron chi connectivity index (χ0n) is 14.4. The molecule has 0 saturated heterocycles. The minimum Gasteiger partial charge on any atom is -0.495 e. The second kappa shape index (κ2) is 7.89. The molecule has 1 aromatic carbocycles. The third-order valence-electron chi connectivity index (χ3n) is 4.08. The number of nitrogens with zero attached hydrogens (tertiary/aromatic N) is 1. The largest absolute Gasteiger partial charge is 0.495 e. The molecule has 3 N–H and O–H groups in total. The van der Waals surface area contributed by atoms with E-state index < -0.39 is 13.0 Å². The van der Waals surface area contributed by atoms with Gasteiger partial charge in [0.05, 0.1) is 24.0 Å². The van der Waals surface area contributed by atoms with Crippen molar-refractivity contribution in [3.8, 4) is 5.75 Å². The van der Waals surface area contributed by atoms with Crippen LogP contribution < -0.4 is 21.1 Å². The lowest BCUT2D eigenvalue weighted by Crippen LogP contribution is -2.14. The summed E-state index contributed by atoms with van der Waals surface area (Å²) in [7, 11) is -0.893. The van der Waals surface area contributed by atoms with Gasteiger partial charge in [0.1, 0.15) is 18.0 Å². The first-order valence-electron chi connectivity index (χ1n) is 7.83. The second-order valence-corrected chi connectivity index (χ2v) is 9.40. The molecule has 0 spiro atoms. The van der Waals surface area contributed by atoms with Crippen LogP contribution in [0.25, 0.3) is 0 Å². The molecular formula is C17H21ClN3O3P. The first-order valence-corrected chi connectivity index (χ1v) is 10.3. The second-order valence-electron chi connectivity index (χ2n) is 5.45. The number of ether oxygens (including phenoxy) is 1. The molecule has 2 aromatic rings. The van der Waals surface area contributed by atoms with E-state index in [9.17, 15) is 9.36 Å². The molecule has 0 aliphatic rings. The van der Waals surface area contributed by atoms with Gasteiger partial charge in [0, 0.05) is 23.8 Å². The van der Waals surface area contributed by atoms with Crippen LogP contribution in [-0.4, -0.2) is 30.3 Å². The summed E-state index contributed by atoms with van der Waals surface area (Å²) in [6.45, 7) is 3.84. The van der Waals surface area contributed by atoms with E-state index >= 15 is 0 Å². The standard InChI is InChI=1S/C17H21ClN3O3P/c1-4-25(23,5-2)11-6-7-13(15(8-11)24-3)21-14-9-16(18)20-10-12(14)17(19)22/h6-10H,4-5H2,1-3H3,(H2,19,22)(H,20,21). The van der Waals surface area contributed by atoms with E-state index in [-0.39, 0.29) is 10.7 Å². The summed E-state index contributed by atoms with van der Waals surface area (Å²) in [5.41, 5.74) is 6.62. The maximum absolute atomic E-state index is 12.9. The third-order valence-corrected chi connectivity index (χ3v) is 7.55. The van der Waals surface area contributed by atoms with Crippen LogP contribution in [0.3, 0.4) is 0 Å². The lowest BCUT2D eigenvalue weighted by atomic mass is 10.2. The van der Waals surface area contributed by atoms with Crippen LogP contribution >= 0.6 is 18.7 Å². The number of rotatable bonds is 7. The SMILES string of the molecule is CCP(=O)(CC)c1ccc(Nc2cc(Cl)ncc2C(N)=O)c(OC)c1. The molecule has 134 valence electrons. The van der Waals surface area contributed by atoms with Gasteiger partial charge in [-0.25, -0.2) is 4.98 Å². The molecule has 1 heterocycles. The van der Waals surface area contributed by atoms with E-state index in [1.54, 1.807) is 12.1 Å². The summed E-state index contributed by atoms with van der Waals surface area (Å²) in [5, 5.41) is 4.08. The van der Waals surface area contributed by atoms with Gasteiger partial charge in [0.15, 0.2) is 0 Å². The van der Waals surface area contributed by atoms with Crippen LogP contribution in [0.1, 0.15) is 24.2 Å². The minimum atomic E-state index is -2.42. The Morgan fingerprint density at radius 3 is 2.52 bits per heavy atom. The van der Waals surface area contributed by atoms with Gasteiger partial charge in [-0.3, -0.25) is 4.79 Å². The molecular weight excluding hydrogens is 361 g/mol. The lowest BCUT2D eigenvalue weighted by molar-refractivity contribution is 0.100. The fourth-order valence-electron chi connectivity index (χ4n) is 2.50. The highest BCUT2D eigenvalue weighted by atomic mass is 35.5. The van der Waals surface area contributed by atoms with E-state index in [1.165, 1.54) is 19.4 Å². The number of benzene rings is 1. The van der Waals surface area contributed by atoms with Gasteiger partial charge in [0.25, 0.3) is 5.91 Å². The number of amides is 1. The van der Waals surface area contributed by atoms with E-state index in [1.807, 2.05) is 19.9 Å². The van der Waals surface area contributed by atoms with Gasteiger partial charge in [-0.1, -0.05) is 25.4 Å². The zero-order valence-corrected chi connectivity index (χ0v) is 16.0. The van der Waals surface area contributed by atoms with Crippen molar-refractivity contribution in [3.05, 3.63) is 41.2 Å². The fraction of sp³-hybridized carbons (Fsp3) is 0.294. The molecule has 0 bridgehead atoms. The van der Waals surface area contributed by atoms with E-state index in [0.29, 0.717) is 29.4 Å². The molecule has 2 rings (SSSR count). The van der Waals surface area contributed by atoms with Crippen LogP contribution in [0.2, 0.25) is 5.15 Å². The van der Waals surface area contributed by atoms with Gasteiger partial charge in [-0.2, -0.15) is 0 Å². The van der Waals surface area contributed by atoms with Crippen molar-refractivity contribution in [2.45, 2.75) is 13.8 Å². The maximum Gasteiger partial charge on any atom is 0.252 e. The lowest BCUT2D eigenvalue weighted by Gasteiger charge is -2.18. The number of anilines is 2. The number of primary amides is 1. The molecule has 0 saturated carbocycles. The van der Waals surface area contributed by atoms with Crippen LogP contribution in [-0.2, 0) is 4.57 Å². The highest BCUT2D eigenvalue weighted by molar-refractivity contribution is 7.71. The smallest absolute Gasteiger partial charge is 0.252 e. The average Bonchev–Trinajstić information content (AvgIpc) is 2.61. The van der Waals surface area contributed by atoms with E-state index in [4.69, 9.17) is 22.1 Å². The van der Waals surface area contributed by atoms with Gasteiger partial charge >= 0.3 is 0 Å². The van der Waals surface area contributed by atoms with E-state index in [0.717, 1.165) is 5.30 Å². The highest BCUT2D eigenvalue weighted by Crippen LogP contribution is 2.45. The molecule has 0 radical (unpaired) electrons. The molecule has 8 heteroatoms. The minimum absolute atomic E-state index is 0.211. The van der Waals surface area contributed by atoms with Crippen molar-refractivity contribution >= 4 is 41.3 Å². The van der Waals surface area contributed by atoms with Crippen LogP contribution in [0.5, 0.6) is 5.75 Å². The quantitative estimate of drug-likeness (QED) is 0.564. The molecule has 0 aliphatic heterocycles. The molecule has 0 aliphatic carbocycles. The zero-order chi connectivity index (χ0) is 18.6. The normalized spacial score (nSPS) is 11.2. The van der Waals surface area contributed by atoms with Crippen molar-refractivity contribution in [2.24, 2.45) is 5.73 Å². The Morgan fingerprint density at radius 2 is 1.96 bits per heavy atom. The number of nitrogens with two attached hydrogens (primary N) is 1. The number of nitrogens with one attached hydrogen (secondary N) is 1. The first-order chi connectivity index (χ1) is 11.8. The molecule has 0 unspecified atom stereocenters. The summed E-state index contributed by atoms with van der Waals surface area (Å²) < 4.78 is 18.3. The van der Waals surface area contributed by atoms with Crippen LogP contribution in [0.15, 0.2) is 30.5 Å². The van der Waals surface area contributed by atoms with Gasteiger partial charge < -0.3 is 20.4 Å². The molecule has 0 fully saturated rings. The number of hydrogen-bond donors (Lipinski definition) is 2. The summed E-state index contributed by atoms with van der Waals surface area (Å²) in [6.07, 6.45) is 2.49. The highest BCUT2D eigenvalue weighted by Gasteiger charge is 2.22. The van der Waals surface area contributed by atoms with Gasteiger partial charge in [-0.05, 0) is 24.3 Å². The Balaban J connectivity index is 2.47. The predicted molar refractivity (Wildman–Crippen MR) is 102 cm³/mol. The summed E-state index contributed by atoms with van der Waals surface area (Å²) in [5.74, 6) is -0.105. The Bertz CT molecular complexity index is 834. The number of hydrogen-bond acceptors (Lipinski definition) is 5. The Morgan fingerprint density at radius 1 is 1.28 bits per heavy atom. The topological polar surface area (TPSA) is 94.3 Å². The Hall–Kier alpha value is -2.04. The van der Waals surface area contributed by atoms with Gasteiger partial charge in [0.2, 0.25) is 0 Å². The van der Waals surface area contributed by atoms with Crippen LogP contribution in [0.4, 0.5) is 11.4 Å². The fourth-order valence-corrected chi connectivity index (χ4v) is 4.53.